The Morgan fingerprint density at radius 3 is 2.31 bits per heavy atom. The van der Waals surface area contributed by atoms with Gasteiger partial charge in [0.2, 0.25) is 5.91 Å². The molecule has 1 aliphatic heterocycles. The van der Waals surface area contributed by atoms with Crippen molar-refractivity contribution in [2.75, 3.05) is 26.5 Å². The van der Waals surface area contributed by atoms with Gasteiger partial charge in [-0.15, -0.1) is 12.4 Å². The minimum absolute atomic E-state index is 0. The van der Waals surface area contributed by atoms with Gasteiger partial charge < -0.3 is 20.1 Å². The fourth-order valence-electron chi connectivity index (χ4n) is 5.20. The molecule has 0 bridgehead atoms. The van der Waals surface area contributed by atoms with Gasteiger partial charge in [0, 0.05) is 18.4 Å². The number of nitrogens with one attached hydrogen (secondary N) is 1. The van der Waals surface area contributed by atoms with E-state index in [4.69, 9.17) is 20.6 Å². The second-order valence-electron chi connectivity index (χ2n) is 10.5. The van der Waals surface area contributed by atoms with E-state index in [1.165, 1.54) is 7.11 Å². The molecule has 1 saturated heterocycles. The number of nitrogens with zero attached hydrogens (tertiary/aromatic N) is 1. The molecule has 0 saturated carbocycles. The van der Waals surface area contributed by atoms with Crippen molar-refractivity contribution in [2.45, 2.75) is 37.1 Å². The van der Waals surface area contributed by atoms with Crippen LogP contribution in [-0.2, 0) is 30.6 Å². The molecule has 4 rings (SSSR count). The van der Waals surface area contributed by atoms with Gasteiger partial charge in [-0.2, -0.15) is 0 Å². The molecule has 0 aliphatic carbocycles. The van der Waals surface area contributed by atoms with Gasteiger partial charge in [0.15, 0.2) is 9.84 Å². The van der Waals surface area contributed by atoms with E-state index in [1.807, 2.05) is 30.3 Å². The quantitative estimate of drug-likeness (QED) is 0.143. The first-order valence-corrected chi connectivity index (χ1v) is 15.2. The normalized spacial score (nSPS) is 18.3. The monoisotopic (exact) mass is 613 g/mol. The summed E-state index contributed by atoms with van der Waals surface area (Å²) in [6, 6.07) is 21.3. The maximum atomic E-state index is 13.4. The van der Waals surface area contributed by atoms with Gasteiger partial charge in [-0.05, 0) is 55.0 Å². The van der Waals surface area contributed by atoms with Crippen molar-refractivity contribution in [2.24, 2.45) is 11.1 Å². The number of esters is 1. The van der Waals surface area contributed by atoms with Crippen LogP contribution < -0.4 is 10.5 Å². The average molecular weight is 614 g/mol. The third-order valence-corrected chi connectivity index (χ3v) is 8.58. The lowest BCUT2D eigenvalue weighted by Gasteiger charge is -2.25. The number of halogens is 1. The lowest BCUT2D eigenvalue weighted by atomic mass is 9.87. The highest BCUT2D eigenvalue weighted by atomic mass is 35.5. The van der Waals surface area contributed by atoms with E-state index < -0.39 is 27.3 Å². The van der Waals surface area contributed by atoms with Crippen LogP contribution in [0.3, 0.4) is 0 Å². The van der Waals surface area contributed by atoms with Crippen molar-refractivity contribution in [1.29, 1.82) is 5.41 Å². The van der Waals surface area contributed by atoms with Crippen LogP contribution in [0.1, 0.15) is 30.9 Å². The molecule has 9 nitrogen and oxygen atoms in total. The first kappa shape index (κ1) is 32.6. The van der Waals surface area contributed by atoms with Crippen LogP contribution in [0, 0.1) is 10.8 Å². The number of nitrogens with two attached hydrogens (primary N) is 1. The third kappa shape index (κ3) is 7.11. The molecule has 1 aliphatic rings. The SMILES string of the molecule is COC(=O)[C@@]1(C)C[C@@H](COc2ccc(-c3ccc(C(=N)N)cc3)cc2S(C)(=O)=O)N(CCCc2ccccc2)C1=O.Cl. The van der Waals surface area contributed by atoms with Crippen LogP contribution >= 0.6 is 12.4 Å². The predicted molar refractivity (Wildman–Crippen MR) is 164 cm³/mol. The third-order valence-electron chi connectivity index (χ3n) is 7.46. The van der Waals surface area contributed by atoms with Crippen molar-refractivity contribution >= 4 is 40.0 Å². The first-order chi connectivity index (χ1) is 19.4. The number of amidine groups is 1. The predicted octanol–water partition coefficient (Wildman–Crippen LogP) is 4.25. The first-order valence-electron chi connectivity index (χ1n) is 13.3. The molecule has 3 N–H and O–H groups in total. The summed E-state index contributed by atoms with van der Waals surface area (Å²) in [4.78, 5) is 27.7. The number of carbonyl (C=O) groups excluding carboxylic acids is 2. The summed E-state index contributed by atoms with van der Waals surface area (Å²) in [5.41, 5.74) is 7.32. The molecule has 0 radical (unpaired) electrons. The van der Waals surface area contributed by atoms with E-state index in [0.717, 1.165) is 23.8 Å². The summed E-state index contributed by atoms with van der Waals surface area (Å²) in [6.45, 7) is 2.01. The highest BCUT2D eigenvalue weighted by molar-refractivity contribution is 7.90. The summed E-state index contributed by atoms with van der Waals surface area (Å²) < 4.78 is 36.5. The Balaban J connectivity index is 0.00000484. The van der Waals surface area contributed by atoms with Crippen LogP contribution in [0.15, 0.2) is 77.7 Å². The topological polar surface area (TPSA) is 140 Å². The number of ether oxygens (including phenoxy) is 2. The van der Waals surface area contributed by atoms with Crippen molar-refractivity contribution in [3.8, 4) is 16.9 Å². The average Bonchev–Trinajstić information content (AvgIpc) is 3.21. The van der Waals surface area contributed by atoms with Gasteiger partial charge in [-0.1, -0.05) is 60.7 Å². The molecule has 224 valence electrons. The lowest BCUT2D eigenvalue weighted by molar-refractivity contribution is -0.157. The number of hydrogen-bond acceptors (Lipinski definition) is 7. The molecule has 0 spiro atoms. The van der Waals surface area contributed by atoms with E-state index in [9.17, 15) is 18.0 Å². The van der Waals surface area contributed by atoms with Gasteiger partial charge >= 0.3 is 5.97 Å². The Hall–Kier alpha value is -3.89. The molecule has 0 unspecified atom stereocenters. The number of benzene rings is 3. The summed E-state index contributed by atoms with van der Waals surface area (Å²) in [5, 5.41) is 7.57. The summed E-state index contributed by atoms with van der Waals surface area (Å²) in [7, 11) is -2.41. The highest BCUT2D eigenvalue weighted by Gasteiger charge is 2.54. The highest BCUT2D eigenvalue weighted by Crippen LogP contribution is 2.38. The fraction of sp³-hybridized carbons (Fsp3) is 0.323. The largest absolute Gasteiger partial charge is 0.490 e. The van der Waals surface area contributed by atoms with Crippen molar-refractivity contribution in [3.05, 3.63) is 83.9 Å². The van der Waals surface area contributed by atoms with Crippen LogP contribution in [-0.4, -0.2) is 63.6 Å². The van der Waals surface area contributed by atoms with E-state index in [1.54, 1.807) is 54.3 Å². The zero-order valence-electron chi connectivity index (χ0n) is 23.8. The van der Waals surface area contributed by atoms with Crippen LogP contribution in [0.4, 0.5) is 0 Å². The maximum Gasteiger partial charge on any atom is 0.321 e. The zero-order valence-corrected chi connectivity index (χ0v) is 25.5. The second-order valence-corrected chi connectivity index (χ2v) is 12.5. The molecule has 1 heterocycles. The Bertz CT molecular complexity index is 1550. The molecule has 11 heteroatoms. The molecule has 0 aromatic heterocycles. The van der Waals surface area contributed by atoms with Gasteiger partial charge in [0.1, 0.15) is 28.5 Å². The van der Waals surface area contributed by atoms with Gasteiger partial charge in [-0.3, -0.25) is 15.0 Å². The summed E-state index contributed by atoms with van der Waals surface area (Å²) >= 11 is 0. The number of rotatable bonds is 11. The summed E-state index contributed by atoms with van der Waals surface area (Å²) in [5.74, 6) is -0.811. The standard InChI is InChI=1S/C31H35N3O6S.ClH/c1-31(30(36)39-2)19-25(34(29(31)35)17-7-10-21-8-5-4-6-9-21)20-40-26-16-15-24(18-27(26)41(3,37)38)22-11-13-23(14-12-22)28(32)33;/h4-6,8-9,11-16,18,25H,7,10,17,19-20H2,1-3H3,(H3,32,33);1H/t25-,31-;/m0./s1. The van der Waals surface area contributed by atoms with E-state index >= 15 is 0 Å². The molecule has 3 aromatic rings. The van der Waals surface area contributed by atoms with E-state index in [0.29, 0.717) is 24.1 Å². The Kier molecular flexibility index (Phi) is 10.4. The number of likely N-dealkylation sites (tertiary alicyclic amines) is 1. The maximum absolute atomic E-state index is 13.4. The number of hydrogen-bond donors (Lipinski definition) is 2. The molecule has 1 amide bonds. The molecular weight excluding hydrogens is 578 g/mol. The van der Waals surface area contributed by atoms with E-state index in [2.05, 4.69) is 0 Å². The smallest absolute Gasteiger partial charge is 0.321 e. The Morgan fingerprint density at radius 2 is 1.71 bits per heavy atom. The lowest BCUT2D eigenvalue weighted by Crippen LogP contribution is -2.41. The van der Waals surface area contributed by atoms with Crippen molar-refractivity contribution in [3.63, 3.8) is 0 Å². The number of sulfone groups is 1. The van der Waals surface area contributed by atoms with Crippen molar-refractivity contribution in [1.82, 2.24) is 4.90 Å². The fourth-order valence-corrected chi connectivity index (χ4v) is 6.04. The molecule has 3 aromatic carbocycles. The minimum atomic E-state index is -3.67. The van der Waals surface area contributed by atoms with Crippen LogP contribution in [0.5, 0.6) is 5.75 Å². The Morgan fingerprint density at radius 1 is 1.07 bits per heavy atom. The van der Waals surface area contributed by atoms with Crippen LogP contribution in [0.2, 0.25) is 0 Å². The molecular formula is C31H36ClN3O6S. The second kappa shape index (κ2) is 13.4. The van der Waals surface area contributed by atoms with Crippen LogP contribution in [0.25, 0.3) is 11.1 Å². The van der Waals surface area contributed by atoms with Gasteiger partial charge in [0.25, 0.3) is 0 Å². The zero-order chi connectivity index (χ0) is 29.8. The van der Waals surface area contributed by atoms with Crippen molar-refractivity contribution < 1.29 is 27.5 Å². The molecule has 2 atom stereocenters. The minimum Gasteiger partial charge on any atom is -0.490 e. The number of nitrogen functional groups attached to an aromatic ring is 1. The molecule has 1 fully saturated rings. The summed E-state index contributed by atoms with van der Waals surface area (Å²) in [6.07, 6.45) is 2.76. The van der Waals surface area contributed by atoms with E-state index in [-0.39, 0.29) is 47.8 Å². The Labute approximate surface area is 252 Å². The number of carbonyl (C=O) groups is 2. The number of aryl methyl sites for hydroxylation is 1. The van der Waals surface area contributed by atoms with Gasteiger partial charge in [0.05, 0.1) is 13.2 Å². The van der Waals surface area contributed by atoms with Gasteiger partial charge in [-0.25, -0.2) is 8.42 Å². The number of amides is 1. The number of methoxy groups -OCH3 is 1. The molecule has 42 heavy (non-hydrogen) atoms.